The Balaban J connectivity index is 2.14. The number of hydrogen-bond donors (Lipinski definition) is 2. The van der Waals surface area contributed by atoms with E-state index in [9.17, 15) is 5.11 Å². The van der Waals surface area contributed by atoms with Crippen LogP contribution in [0.15, 0.2) is 5.16 Å². The lowest BCUT2D eigenvalue weighted by molar-refractivity contribution is -0.0379. The molecular weight excluding hydrogens is 330 g/mol. The molecule has 3 rings (SSSR count). The zero-order valence-corrected chi connectivity index (χ0v) is 15.6. The second-order valence-corrected chi connectivity index (χ2v) is 8.26. The first-order valence-electron chi connectivity index (χ1n) is 7.85. The molecular formula is C16H23N3O2S2. The minimum atomic E-state index is -0.169. The van der Waals surface area contributed by atoms with E-state index in [-0.39, 0.29) is 18.2 Å². The van der Waals surface area contributed by atoms with Gasteiger partial charge >= 0.3 is 0 Å². The van der Waals surface area contributed by atoms with Crippen LogP contribution in [0.3, 0.4) is 0 Å². The quantitative estimate of drug-likeness (QED) is 0.634. The average molecular weight is 354 g/mol. The second kappa shape index (κ2) is 6.55. The third-order valence-corrected chi connectivity index (χ3v) is 5.79. The van der Waals surface area contributed by atoms with E-state index in [2.05, 4.69) is 36.1 Å². The predicted molar refractivity (Wildman–Crippen MR) is 96.6 cm³/mol. The predicted octanol–water partition coefficient (Wildman–Crippen LogP) is 3.45. The van der Waals surface area contributed by atoms with Gasteiger partial charge in [-0.05, 0) is 32.1 Å². The van der Waals surface area contributed by atoms with Gasteiger partial charge in [-0.3, -0.25) is 0 Å². The minimum absolute atomic E-state index is 0.00575. The fourth-order valence-corrected chi connectivity index (χ4v) is 4.32. The van der Waals surface area contributed by atoms with Gasteiger partial charge in [0.05, 0.1) is 30.2 Å². The fraction of sp³-hybridized carbons (Fsp3) is 0.625. The van der Waals surface area contributed by atoms with Crippen molar-refractivity contribution in [2.45, 2.75) is 57.0 Å². The third-order valence-electron chi connectivity index (χ3n) is 4.15. The summed E-state index contributed by atoms with van der Waals surface area (Å²) in [6.45, 7) is 7.02. The number of hydrogen-bond acceptors (Lipinski definition) is 7. The molecule has 3 heterocycles. The number of anilines is 1. The number of aliphatic hydroxyl groups is 1. The van der Waals surface area contributed by atoms with Crippen molar-refractivity contribution in [2.24, 2.45) is 0 Å². The van der Waals surface area contributed by atoms with Gasteiger partial charge in [-0.25, -0.2) is 9.97 Å². The summed E-state index contributed by atoms with van der Waals surface area (Å²) in [6, 6.07) is 0.00575. The smallest absolute Gasteiger partial charge is 0.190 e. The van der Waals surface area contributed by atoms with Crippen molar-refractivity contribution >= 4 is 39.1 Å². The number of thiophene rings is 1. The summed E-state index contributed by atoms with van der Waals surface area (Å²) in [6.07, 6.45) is 3.68. The number of nitrogens with zero attached hydrogens (tertiary/aromatic N) is 2. The van der Waals surface area contributed by atoms with E-state index in [0.29, 0.717) is 6.61 Å². The maximum absolute atomic E-state index is 9.53. The molecule has 0 saturated carbocycles. The molecule has 0 bridgehead atoms. The molecule has 0 aromatic carbocycles. The molecule has 0 aliphatic carbocycles. The maximum Gasteiger partial charge on any atom is 0.190 e. The Morgan fingerprint density at radius 3 is 2.87 bits per heavy atom. The van der Waals surface area contributed by atoms with Crippen molar-refractivity contribution in [3.05, 3.63) is 10.4 Å². The summed E-state index contributed by atoms with van der Waals surface area (Å²) in [5.41, 5.74) is 1.13. The molecule has 2 aromatic heterocycles. The van der Waals surface area contributed by atoms with Crippen LogP contribution >= 0.6 is 23.1 Å². The standard InChI is InChI=1S/C16H23N3O2S2/c1-5-9(7-20)17-13-12-10-6-16(2,3)21-8-11(10)23-14(12)19-15(18-13)22-4/h9,20H,5-8H2,1-4H3,(H,17,18,19)/t9-/m0/s1. The van der Waals surface area contributed by atoms with Crippen LogP contribution in [-0.2, 0) is 17.8 Å². The molecule has 2 N–H and O–H groups in total. The highest BCUT2D eigenvalue weighted by Crippen LogP contribution is 2.41. The molecule has 1 aliphatic rings. The molecule has 1 atom stereocenters. The van der Waals surface area contributed by atoms with Crippen LogP contribution in [0.2, 0.25) is 0 Å². The minimum Gasteiger partial charge on any atom is -0.394 e. The number of fused-ring (bicyclic) bond motifs is 3. The van der Waals surface area contributed by atoms with Crippen LogP contribution in [0.5, 0.6) is 0 Å². The van der Waals surface area contributed by atoms with E-state index in [4.69, 9.17) is 4.74 Å². The summed E-state index contributed by atoms with van der Waals surface area (Å²) in [7, 11) is 0. The lowest BCUT2D eigenvalue weighted by atomic mass is 9.94. The normalized spacial score (nSPS) is 18.0. The first-order valence-corrected chi connectivity index (χ1v) is 9.89. The van der Waals surface area contributed by atoms with E-state index in [1.165, 1.54) is 22.2 Å². The summed E-state index contributed by atoms with van der Waals surface area (Å²) in [4.78, 5) is 11.6. The van der Waals surface area contributed by atoms with Crippen LogP contribution in [-0.4, -0.2) is 39.6 Å². The van der Waals surface area contributed by atoms with Crippen LogP contribution in [0, 0.1) is 0 Å². The number of nitrogens with one attached hydrogen (secondary N) is 1. The van der Waals surface area contributed by atoms with Crippen LogP contribution in [0.4, 0.5) is 5.82 Å². The van der Waals surface area contributed by atoms with Crippen molar-refractivity contribution in [3.8, 4) is 0 Å². The van der Waals surface area contributed by atoms with Gasteiger partial charge < -0.3 is 15.2 Å². The lowest BCUT2D eigenvalue weighted by Gasteiger charge is -2.30. The monoisotopic (exact) mass is 353 g/mol. The van der Waals surface area contributed by atoms with Crippen molar-refractivity contribution in [1.29, 1.82) is 0 Å². The van der Waals surface area contributed by atoms with E-state index in [0.717, 1.165) is 34.0 Å². The molecule has 0 fully saturated rings. The van der Waals surface area contributed by atoms with Gasteiger partial charge in [0, 0.05) is 11.3 Å². The Kier molecular flexibility index (Phi) is 4.83. The molecule has 23 heavy (non-hydrogen) atoms. The molecule has 0 saturated heterocycles. The fourth-order valence-electron chi connectivity index (χ4n) is 2.79. The Labute approximate surface area is 144 Å². The molecule has 1 aliphatic heterocycles. The van der Waals surface area contributed by atoms with E-state index in [1.807, 2.05) is 6.26 Å². The number of ether oxygens (including phenoxy) is 1. The van der Waals surface area contributed by atoms with Gasteiger partial charge in [0.25, 0.3) is 0 Å². The van der Waals surface area contributed by atoms with E-state index < -0.39 is 0 Å². The van der Waals surface area contributed by atoms with Crippen molar-refractivity contribution in [2.75, 3.05) is 18.2 Å². The Morgan fingerprint density at radius 1 is 1.43 bits per heavy atom. The van der Waals surface area contributed by atoms with Gasteiger partial charge in [0.1, 0.15) is 10.6 Å². The summed E-state index contributed by atoms with van der Waals surface area (Å²) in [5, 5.41) is 14.8. The van der Waals surface area contributed by atoms with Gasteiger partial charge in [0.2, 0.25) is 0 Å². The molecule has 126 valence electrons. The zero-order valence-electron chi connectivity index (χ0n) is 14.0. The summed E-state index contributed by atoms with van der Waals surface area (Å²) < 4.78 is 5.94. The molecule has 0 amide bonds. The van der Waals surface area contributed by atoms with Crippen LogP contribution in [0.1, 0.15) is 37.6 Å². The summed E-state index contributed by atoms with van der Waals surface area (Å²) >= 11 is 3.23. The molecule has 7 heteroatoms. The van der Waals surface area contributed by atoms with Crippen LogP contribution < -0.4 is 5.32 Å². The van der Waals surface area contributed by atoms with Crippen molar-refractivity contribution in [3.63, 3.8) is 0 Å². The topological polar surface area (TPSA) is 67.3 Å². The SMILES string of the molecule is CC[C@@H](CO)Nc1nc(SC)nc2sc3c(c12)CC(C)(C)OC3. The van der Waals surface area contributed by atoms with Gasteiger partial charge in [-0.15, -0.1) is 11.3 Å². The zero-order chi connectivity index (χ0) is 16.6. The molecule has 2 aromatic rings. The highest BCUT2D eigenvalue weighted by Gasteiger charge is 2.31. The van der Waals surface area contributed by atoms with Gasteiger partial charge in [0.15, 0.2) is 5.16 Å². The highest BCUT2D eigenvalue weighted by molar-refractivity contribution is 7.98. The molecule has 0 spiro atoms. The number of aromatic nitrogens is 2. The second-order valence-electron chi connectivity index (χ2n) is 6.40. The van der Waals surface area contributed by atoms with Gasteiger partial charge in [-0.2, -0.15) is 0 Å². The Morgan fingerprint density at radius 2 is 2.22 bits per heavy atom. The van der Waals surface area contributed by atoms with E-state index >= 15 is 0 Å². The first-order chi connectivity index (χ1) is 11.0. The highest BCUT2D eigenvalue weighted by atomic mass is 32.2. The Bertz CT molecular complexity index is 711. The van der Waals surface area contributed by atoms with E-state index in [1.54, 1.807) is 11.3 Å². The number of aliphatic hydroxyl groups excluding tert-OH is 1. The molecule has 0 unspecified atom stereocenters. The summed E-state index contributed by atoms with van der Waals surface area (Å²) in [5.74, 6) is 0.843. The number of thioether (sulfide) groups is 1. The van der Waals surface area contributed by atoms with Crippen LogP contribution in [0.25, 0.3) is 10.2 Å². The lowest BCUT2D eigenvalue weighted by Crippen LogP contribution is -2.31. The average Bonchev–Trinajstić information content (AvgIpc) is 2.88. The maximum atomic E-state index is 9.53. The molecule has 0 radical (unpaired) electrons. The van der Waals surface area contributed by atoms with Crippen molar-refractivity contribution < 1.29 is 9.84 Å². The molecule has 5 nitrogen and oxygen atoms in total. The largest absolute Gasteiger partial charge is 0.394 e. The third kappa shape index (κ3) is 3.33. The first kappa shape index (κ1) is 17.0. The number of rotatable bonds is 5. The van der Waals surface area contributed by atoms with Gasteiger partial charge in [-0.1, -0.05) is 18.7 Å². The van der Waals surface area contributed by atoms with Crippen molar-refractivity contribution in [1.82, 2.24) is 9.97 Å². The Hall–Kier alpha value is -0.890.